The number of ether oxygens (including phenoxy) is 2. The van der Waals surface area contributed by atoms with Gasteiger partial charge in [0.05, 0.1) is 25.1 Å². The Morgan fingerprint density at radius 3 is 2.64 bits per heavy atom. The molecule has 1 aliphatic heterocycles. The first kappa shape index (κ1) is 18.2. The Hall–Kier alpha value is -3.20. The Morgan fingerprint density at radius 1 is 1.21 bits per heavy atom. The summed E-state index contributed by atoms with van der Waals surface area (Å²) in [4.78, 5) is 26.4. The predicted molar refractivity (Wildman–Crippen MR) is 101 cm³/mol. The van der Waals surface area contributed by atoms with Crippen LogP contribution in [-0.2, 0) is 4.74 Å². The predicted octanol–water partition coefficient (Wildman–Crippen LogP) is 1.92. The Morgan fingerprint density at radius 2 is 2.04 bits per heavy atom. The van der Waals surface area contributed by atoms with Crippen LogP contribution in [0.15, 0.2) is 36.8 Å². The molecule has 146 valence electrons. The average Bonchev–Trinajstić information content (AvgIpc) is 3.43. The van der Waals surface area contributed by atoms with Crippen LogP contribution in [0.2, 0.25) is 0 Å². The van der Waals surface area contributed by atoms with Crippen molar-refractivity contribution in [1.29, 1.82) is 0 Å². The van der Waals surface area contributed by atoms with Crippen LogP contribution in [0.5, 0.6) is 5.88 Å². The molecule has 1 saturated heterocycles. The van der Waals surface area contributed by atoms with Crippen molar-refractivity contribution in [3.8, 4) is 23.1 Å². The molecule has 0 radical (unpaired) electrons. The number of imidazole rings is 1. The van der Waals surface area contributed by atoms with E-state index in [1.54, 1.807) is 49.6 Å². The third-order valence-electron chi connectivity index (χ3n) is 4.91. The number of carbonyl (C=O) groups excluding carboxylic acids is 1. The zero-order valence-corrected chi connectivity index (χ0v) is 15.8. The van der Waals surface area contributed by atoms with Gasteiger partial charge in [-0.2, -0.15) is 5.10 Å². The summed E-state index contributed by atoms with van der Waals surface area (Å²) in [5, 5.41) is 4.56. The highest BCUT2D eigenvalue weighted by Crippen LogP contribution is 2.23. The number of hydrogen-bond donors (Lipinski definition) is 1. The van der Waals surface area contributed by atoms with E-state index in [9.17, 15) is 4.79 Å². The summed E-state index contributed by atoms with van der Waals surface area (Å²) in [7, 11) is 3.27. The number of methoxy groups -OCH3 is 2. The van der Waals surface area contributed by atoms with Crippen LogP contribution in [-0.4, -0.2) is 69.0 Å². The first-order valence-electron chi connectivity index (χ1n) is 9.12. The number of amides is 1. The Bertz CT molecular complexity index is 927. The lowest BCUT2D eigenvalue weighted by atomic mass is 10.1. The van der Waals surface area contributed by atoms with Gasteiger partial charge in [-0.25, -0.2) is 14.6 Å². The van der Waals surface area contributed by atoms with Crippen LogP contribution in [0, 0.1) is 0 Å². The maximum absolute atomic E-state index is 13.0. The number of aromatic nitrogens is 5. The smallest absolute Gasteiger partial charge is 0.274 e. The first-order chi connectivity index (χ1) is 13.7. The summed E-state index contributed by atoms with van der Waals surface area (Å²) in [5.74, 6) is 1.04. The number of rotatable bonds is 5. The fourth-order valence-electron chi connectivity index (χ4n) is 3.33. The number of pyridine rings is 1. The SMILES string of the molecule is COc1ccc(-n2nc(C(=O)N3CCC(OC)CC3)cc2-c2ncc[nH]2)cn1. The largest absolute Gasteiger partial charge is 0.481 e. The van der Waals surface area contributed by atoms with Gasteiger partial charge in [0.2, 0.25) is 5.88 Å². The molecule has 1 fully saturated rings. The van der Waals surface area contributed by atoms with Gasteiger partial charge in [-0.05, 0) is 18.9 Å². The van der Waals surface area contributed by atoms with Gasteiger partial charge in [-0.3, -0.25) is 4.79 Å². The van der Waals surface area contributed by atoms with Gasteiger partial charge in [-0.1, -0.05) is 0 Å². The van der Waals surface area contributed by atoms with Gasteiger partial charge in [0.25, 0.3) is 5.91 Å². The molecule has 1 amide bonds. The number of hydrogen-bond acceptors (Lipinski definition) is 6. The highest BCUT2D eigenvalue weighted by molar-refractivity contribution is 5.93. The summed E-state index contributed by atoms with van der Waals surface area (Å²) in [5.41, 5.74) is 1.77. The minimum Gasteiger partial charge on any atom is -0.481 e. The van der Waals surface area contributed by atoms with E-state index in [2.05, 4.69) is 20.1 Å². The third-order valence-corrected chi connectivity index (χ3v) is 4.91. The van der Waals surface area contributed by atoms with E-state index in [4.69, 9.17) is 9.47 Å². The van der Waals surface area contributed by atoms with Crippen LogP contribution < -0.4 is 4.74 Å². The van der Waals surface area contributed by atoms with Crippen LogP contribution >= 0.6 is 0 Å². The maximum atomic E-state index is 13.0. The Labute approximate surface area is 162 Å². The summed E-state index contributed by atoms with van der Waals surface area (Å²) in [6, 6.07) is 5.34. The van der Waals surface area contributed by atoms with Crippen LogP contribution in [0.25, 0.3) is 17.2 Å². The molecule has 4 heterocycles. The number of aromatic amines is 1. The standard InChI is InChI=1S/C19H22N6O3/c1-27-14-5-9-24(10-6-14)19(26)15-11-16(18-20-7-8-21-18)25(23-15)13-3-4-17(28-2)22-12-13/h3-4,7-8,11-12,14H,5-6,9-10H2,1-2H3,(H,20,21). The highest BCUT2D eigenvalue weighted by Gasteiger charge is 2.26. The van der Waals surface area contributed by atoms with Gasteiger partial charge in [0.1, 0.15) is 5.69 Å². The minimum absolute atomic E-state index is 0.0948. The van der Waals surface area contributed by atoms with E-state index >= 15 is 0 Å². The van der Waals surface area contributed by atoms with Gasteiger partial charge in [0, 0.05) is 44.7 Å². The summed E-state index contributed by atoms with van der Waals surface area (Å²) in [6.07, 6.45) is 6.92. The molecule has 0 unspecified atom stereocenters. The number of carbonyl (C=O) groups is 1. The summed E-state index contributed by atoms with van der Waals surface area (Å²) < 4.78 is 12.2. The van der Waals surface area contributed by atoms with E-state index in [-0.39, 0.29) is 12.0 Å². The van der Waals surface area contributed by atoms with Crippen LogP contribution in [0.1, 0.15) is 23.3 Å². The maximum Gasteiger partial charge on any atom is 0.274 e. The van der Waals surface area contributed by atoms with E-state index < -0.39 is 0 Å². The van der Waals surface area contributed by atoms with Crippen molar-refractivity contribution in [2.75, 3.05) is 27.3 Å². The molecule has 1 N–H and O–H groups in total. The summed E-state index contributed by atoms with van der Waals surface area (Å²) in [6.45, 7) is 1.31. The molecule has 4 rings (SSSR count). The second kappa shape index (κ2) is 7.81. The molecule has 28 heavy (non-hydrogen) atoms. The Kier molecular flexibility index (Phi) is 5.07. The van der Waals surface area contributed by atoms with Crippen molar-refractivity contribution in [2.24, 2.45) is 0 Å². The van der Waals surface area contributed by atoms with Crippen molar-refractivity contribution in [3.05, 3.63) is 42.5 Å². The van der Waals surface area contributed by atoms with Crippen molar-refractivity contribution >= 4 is 5.91 Å². The van der Waals surface area contributed by atoms with Crippen molar-refractivity contribution < 1.29 is 14.3 Å². The van der Waals surface area contributed by atoms with Crippen molar-refractivity contribution in [2.45, 2.75) is 18.9 Å². The van der Waals surface area contributed by atoms with Gasteiger partial charge in [-0.15, -0.1) is 0 Å². The molecule has 0 saturated carbocycles. The molecular formula is C19H22N6O3. The monoisotopic (exact) mass is 382 g/mol. The van der Waals surface area contributed by atoms with Crippen molar-refractivity contribution in [3.63, 3.8) is 0 Å². The van der Waals surface area contributed by atoms with Gasteiger partial charge < -0.3 is 19.4 Å². The zero-order chi connectivity index (χ0) is 19.5. The second-order valence-electron chi connectivity index (χ2n) is 6.55. The quantitative estimate of drug-likeness (QED) is 0.724. The van der Waals surface area contributed by atoms with E-state index in [1.807, 2.05) is 11.0 Å². The molecule has 1 aliphatic rings. The number of nitrogens with one attached hydrogen (secondary N) is 1. The number of likely N-dealkylation sites (tertiary alicyclic amines) is 1. The van der Waals surface area contributed by atoms with E-state index in [1.165, 1.54) is 0 Å². The lowest BCUT2D eigenvalue weighted by molar-refractivity contribution is 0.0347. The van der Waals surface area contributed by atoms with Gasteiger partial charge in [0.15, 0.2) is 11.5 Å². The number of H-pyrrole nitrogens is 1. The highest BCUT2D eigenvalue weighted by atomic mass is 16.5. The average molecular weight is 382 g/mol. The molecule has 0 spiro atoms. The lowest BCUT2D eigenvalue weighted by Gasteiger charge is -2.30. The molecule has 0 bridgehead atoms. The fourth-order valence-corrected chi connectivity index (χ4v) is 3.33. The van der Waals surface area contributed by atoms with Crippen molar-refractivity contribution in [1.82, 2.24) is 29.6 Å². The van der Waals surface area contributed by atoms with E-state index in [0.29, 0.717) is 41.9 Å². The first-order valence-corrected chi connectivity index (χ1v) is 9.12. The molecule has 0 atom stereocenters. The topological polar surface area (TPSA) is 98.2 Å². The lowest BCUT2D eigenvalue weighted by Crippen LogP contribution is -2.40. The second-order valence-corrected chi connectivity index (χ2v) is 6.55. The van der Waals surface area contributed by atoms with Gasteiger partial charge >= 0.3 is 0 Å². The molecular weight excluding hydrogens is 360 g/mol. The van der Waals surface area contributed by atoms with Crippen LogP contribution in [0.3, 0.4) is 0 Å². The molecule has 0 aliphatic carbocycles. The Balaban J connectivity index is 1.66. The molecule has 0 aromatic carbocycles. The van der Waals surface area contributed by atoms with Crippen LogP contribution in [0.4, 0.5) is 0 Å². The molecule has 3 aromatic heterocycles. The molecule has 3 aromatic rings. The fraction of sp³-hybridized carbons (Fsp3) is 0.368. The normalized spacial score (nSPS) is 15.0. The third kappa shape index (κ3) is 3.48. The number of piperidine rings is 1. The number of nitrogens with zero attached hydrogens (tertiary/aromatic N) is 5. The summed E-state index contributed by atoms with van der Waals surface area (Å²) >= 11 is 0. The van der Waals surface area contributed by atoms with E-state index in [0.717, 1.165) is 12.8 Å². The minimum atomic E-state index is -0.0948. The molecule has 9 nitrogen and oxygen atoms in total. The zero-order valence-electron chi connectivity index (χ0n) is 15.8. The molecule has 9 heteroatoms.